The van der Waals surface area contributed by atoms with Crippen molar-refractivity contribution in [1.29, 1.82) is 0 Å². The number of carbonyl (C=O) groups excluding carboxylic acids is 1. The summed E-state index contributed by atoms with van der Waals surface area (Å²) in [5.74, 6) is 0.0193. The minimum atomic E-state index is 0.0162. The van der Waals surface area contributed by atoms with Gasteiger partial charge in [-0.15, -0.1) is 0 Å². The second kappa shape index (κ2) is 7.70. The van der Waals surface area contributed by atoms with E-state index in [1.807, 2.05) is 6.92 Å². The summed E-state index contributed by atoms with van der Waals surface area (Å²) in [7, 11) is 1.62. The molecule has 1 amide bonds. The van der Waals surface area contributed by atoms with Crippen LogP contribution in [-0.2, 0) is 9.53 Å². The fourth-order valence-electron chi connectivity index (χ4n) is 1.08. The van der Waals surface area contributed by atoms with Crippen LogP contribution in [0.25, 0.3) is 0 Å². The molecule has 14 heavy (non-hydrogen) atoms. The Morgan fingerprint density at radius 3 is 2.79 bits per heavy atom. The van der Waals surface area contributed by atoms with Crippen LogP contribution in [0.4, 0.5) is 0 Å². The van der Waals surface area contributed by atoms with E-state index in [4.69, 9.17) is 22.7 Å². The van der Waals surface area contributed by atoms with Gasteiger partial charge >= 0.3 is 0 Å². The van der Waals surface area contributed by atoms with Gasteiger partial charge in [0.1, 0.15) is 0 Å². The van der Waals surface area contributed by atoms with Crippen molar-refractivity contribution < 1.29 is 9.53 Å². The van der Waals surface area contributed by atoms with E-state index < -0.39 is 0 Å². The minimum Gasteiger partial charge on any atom is -0.393 e. The number of nitrogens with one attached hydrogen (secondary N) is 1. The Balaban J connectivity index is 3.55. The number of carbonyl (C=O) groups is 1. The quantitative estimate of drug-likeness (QED) is 0.485. The predicted octanol–water partition coefficient (Wildman–Crippen LogP) is 0.594. The fraction of sp³-hybridized carbons (Fsp3) is 0.778. The van der Waals surface area contributed by atoms with Crippen LogP contribution in [0.3, 0.4) is 0 Å². The third-order valence-corrected chi connectivity index (χ3v) is 1.83. The first-order chi connectivity index (χ1) is 6.56. The van der Waals surface area contributed by atoms with Gasteiger partial charge in [0, 0.05) is 32.6 Å². The first kappa shape index (κ1) is 13.3. The Bertz CT molecular complexity index is 197. The van der Waals surface area contributed by atoms with Gasteiger partial charge in [0.2, 0.25) is 5.91 Å². The van der Waals surface area contributed by atoms with E-state index >= 15 is 0 Å². The summed E-state index contributed by atoms with van der Waals surface area (Å²) in [5.41, 5.74) is 5.35. The van der Waals surface area contributed by atoms with Crippen LogP contribution in [0.1, 0.15) is 26.2 Å². The smallest absolute Gasteiger partial charge is 0.220 e. The van der Waals surface area contributed by atoms with Gasteiger partial charge < -0.3 is 15.8 Å². The van der Waals surface area contributed by atoms with Crippen molar-refractivity contribution in [3.63, 3.8) is 0 Å². The van der Waals surface area contributed by atoms with Gasteiger partial charge in [0.15, 0.2) is 0 Å². The summed E-state index contributed by atoms with van der Waals surface area (Å²) in [6.45, 7) is 2.49. The second-order valence-electron chi connectivity index (χ2n) is 3.24. The second-order valence-corrected chi connectivity index (χ2v) is 3.76. The molecule has 0 bridgehead atoms. The van der Waals surface area contributed by atoms with Crippen LogP contribution in [0.2, 0.25) is 0 Å². The molecule has 0 aliphatic carbocycles. The lowest BCUT2D eigenvalue weighted by molar-refractivity contribution is -0.121. The van der Waals surface area contributed by atoms with E-state index in [-0.39, 0.29) is 11.9 Å². The highest BCUT2D eigenvalue weighted by atomic mass is 32.1. The van der Waals surface area contributed by atoms with Gasteiger partial charge in [0.25, 0.3) is 0 Å². The predicted molar refractivity (Wildman–Crippen MR) is 60.1 cm³/mol. The van der Waals surface area contributed by atoms with Crippen molar-refractivity contribution in [2.75, 3.05) is 13.7 Å². The summed E-state index contributed by atoms with van der Waals surface area (Å²) < 4.78 is 4.84. The van der Waals surface area contributed by atoms with E-state index in [0.717, 1.165) is 6.42 Å². The molecule has 0 aromatic rings. The number of methoxy groups -OCH3 is 1. The van der Waals surface area contributed by atoms with Crippen molar-refractivity contribution in [1.82, 2.24) is 5.32 Å². The van der Waals surface area contributed by atoms with E-state index in [0.29, 0.717) is 24.4 Å². The van der Waals surface area contributed by atoms with Crippen molar-refractivity contribution in [3.8, 4) is 0 Å². The summed E-state index contributed by atoms with van der Waals surface area (Å²) in [6, 6.07) is 0.0162. The fourth-order valence-corrected chi connectivity index (χ4v) is 1.33. The average Bonchev–Trinajstić information content (AvgIpc) is 2.02. The number of hydrogen-bond acceptors (Lipinski definition) is 3. The Morgan fingerprint density at radius 2 is 2.29 bits per heavy atom. The van der Waals surface area contributed by atoms with Crippen LogP contribution >= 0.6 is 12.2 Å². The molecule has 0 aliphatic rings. The van der Waals surface area contributed by atoms with E-state index in [9.17, 15) is 4.79 Å². The van der Waals surface area contributed by atoms with Crippen LogP contribution in [0, 0.1) is 0 Å². The van der Waals surface area contributed by atoms with Crippen LogP contribution in [0.15, 0.2) is 0 Å². The normalized spacial score (nSPS) is 12.1. The van der Waals surface area contributed by atoms with Crippen molar-refractivity contribution in [3.05, 3.63) is 0 Å². The number of rotatable bonds is 7. The lowest BCUT2D eigenvalue weighted by Crippen LogP contribution is -2.35. The number of nitrogens with two attached hydrogens (primary N) is 1. The average molecular weight is 218 g/mol. The molecule has 0 spiro atoms. The highest BCUT2D eigenvalue weighted by Gasteiger charge is 2.07. The zero-order valence-electron chi connectivity index (χ0n) is 8.71. The Hall–Kier alpha value is -0.680. The third kappa shape index (κ3) is 7.94. The highest BCUT2D eigenvalue weighted by Crippen LogP contribution is 1.94. The van der Waals surface area contributed by atoms with Crippen molar-refractivity contribution in [2.24, 2.45) is 5.73 Å². The first-order valence-electron chi connectivity index (χ1n) is 4.63. The maximum Gasteiger partial charge on any atom is 0.220 e. The molecular weight excluding hydrogens is 200 g/mol. The maximum atomic E-state index is 11.3. The molecule has 0 saturated heterocycles. The largest absolute Gasteiger partial charge is 0.393 e. The number of ether oxygens (including phenoxy) is 1. The molecule has 1 unspecified atom stereocenters. The first-order valence-corrected chi connectivity index (χ1v) is 5.03. The topological polar surface area (TPSA) is 64.3 Å². The monoisotopic (exact) mass is 218 g/mol. The van der Waals surface area contributed by atoms with E-state index in [2.05, 4.69) is 5.32 Å². The molecule has 0 aliphatic heterocycles. The molecule has 5 heteroatoms. The lowest BCUT2D eigenvalue weighted by atomic mass is 10.2. The molecule has 82 valence electrons. The Kier molecular flexibility index (Phi) is 7.32. The molecule has 0 saturated carbocycles. The lowest BCUT2D eigenvalue weighted by Gasteiger charge is -2.12. The Morgan fingerprint density at radius 1 is 1.64 bits per heavy atom. The number of thiocarbonyl (C=S) groups is 1. The van der Waals surface area contributed by atoms with Gasteiger partial charge in [-0.3, -0.25) is 4.79 Å². The summed E-state index contributed by atoms with van der Waals surface area (Å²) in [5, 5.41) is 2.81. The molecule has 0 aromatic carbocycles. The van der Waals surface area contributed by atoms with Gasteiger partial charge in [0.05, 0.1) is 4.99 Å². The molecule has 0 aromatic heterocycles. The highest BCUT2D eigenvalue weighted by molar-refractivity contribution is 7.80. The molecule has 4 nitrogen and oxygen atoms in total. The minimum absolute atomic E-state index is 0.0162. The SMILES string of the molecule is COCCCC(=O)NC(C)CC(N)=S. The summed E-state index contributed by atoms with van der Waals surface area (Å²) >= 11 is 4.74. The molecule has 0 fully saturated rings. The van der Waals surface area contributed by atoms with Crippen molar-refractivity contribution >= 4 is 23.1 Å². The molecular formula is C9H18N2O2S. The molecule has 0 radical (unpaired) electrons. The van der Waals surface area contributed by atoms with E-state index in [1.165, 1.54) is 0 Å². The zero-order chi connectivity index (χ0) is 11.0. The van der Waals surface area contributed by atoms with Crippen LogP contribution in [-0.4, -0.2) is 30.7 Å². The maximum absolute atomic E-state index is 11.3. The summed E-state index contributed by atoms with van der Waals surface area (Å²) in [6.07, 6.45) is 1.77. The molecule has 0 rings (SSSR count). The van der Waals surface area contributed by atoms with Crippen LogP contribution < -0.4 is 11.1 Å². The van der Waals surface area contributed by atoms with Gasteiger partial charge in [-0.1, -0.05) is 12.2 Å². The van der Waals surface area contributed by atoms with Gasteiger partial charge in [-0.25, -0.2) is 0 Å². The molecule has 0 heterocycles. The van der Waals surface area contributed by atoms with Gasteiger partial charge in [-0.2, -0.15) is 0 Å². The van der Waals surface area contributed by atoms with Crippen LogP contribution in [0.5, 0.6) is 0 Å². The standard InChI is InChI=1S/C9H18N2O2S/c1-7(6-8(10)14)11-9(12)4-3-5-13-2/h7H,3-6H2,1-2H3,(H2,10,14)(H,11,12). The number of amides is 1. The Labute approximate surface area is 90.2 Å². The van der Waals surface area contributed by atoms with Crippen molar-refractivity contribution in [2.45, 2.75) is 32.2 Å². The molecule has 3 N–H and O–H groups in total. The van der Waals surface area contributed by atoms with Gasteiger partial charge in [-0.05, 0) is 13.3 Å². The number of hydrogen-bond donors (Lipinski definition) is 2. The zero-order valence-corrected chi connectivity index (χ0v) is 9.52. The van der Waals surface area contributed by atoms with E-state index in [1.54, 1.807) is 7.11 Å². The molecule has 1 atom stereocenters. The third-order valence-electron chi connectivity index (χ3n) is 1.67. The summed E-state index contributed by atoms with van der Waals surface area (Å²) in [4.78, 5) is 11.7.